The molecule has 146 valence electrons. The van der Waals surface area contributed by atoms with Crippen LogP contribution in [0, 0.1) is 5.92 Å². The van der Waals surface area contributed by atoms with Crippen LogP contribution in [0.25, 0.3) is 0 Å². The Hall–Kier alpha value is -2.67. The second kappa shape index (κ2) is 7.05. The van der Waals surface area contributed by atoms with E-state index in [0.717, 1.165) is 44.7 Å². The van der Waals surface area contributed by atoms with Crippen molar-refractivity contribution in [3.05, 3.63) is 47.8 Å². The molecule has 0 radical (unpaired) electrons. The monoisotopic (exact) mass is 379 g/mol. The number of aromatic nitrogens is 2. The molecule has 1 N–H and O–H groups in total. The molecule has 2 fully saturated rings. The molecule has 3 aliphatic heterocycles. The summed E-state index contributed by atoms with van der Waals surface area (Å²) in [5.41, 5.74) is 3.47. The Morgan fingerprint density at radius 2 is 1.89 bits per heavy atom. The van der Waals surface area contributed by atoms with Crippen molar-refractivity contribution in [2.75, 3.05) is 24.5 Å². The van der Waals surface area contributed by atoms with Crippen molar-refractivity contribution < 1.29 is 9.59 Å². The van der Waals surface area contributed by atoms with Gasteiger partial charge in [0.15, 0.2) is 0 Å². The number of anilines is 1. The maximum Gasteiger partial charge on any atom is 0.228 e. The highest BCUT2D eigenvalue weighted by atomic mass is 16.2. The minimum Gasteiger partial charge on any atom is -0.342 e. The van der Waals surface area contributed by atoms with E-state index in [1.165, 1.54) is 11.3 Å². The highest BCUT2D eigenvalue weighted by Crippen LogP contribution is 2.30. The average molecular weight is 379 g/mol. The third-order valence-electron chi connectivity index (χ3n) is 6.26. The van der Waals surface area contributed by atoms with Crippen LogP contribution in [0.2, 0.25) is 0 Å². The summed E-state index contributed by atoms with van der Waals surface area (Å²) in [6.45, 7) is 3.75. The van der Waals surface area contributed by atoms with E-state index in [-0.39, 0.29) is 17.7 Å². The van der Waals surface area contributed by atoms with Gasteiger partial charge in [0.2, 0.25) is 11.8 Å². The van der Waals surface area contributed by atoms with Gasteiger partial charge < -0.3 is 15.1 Å². The summed E-state index contributed by atoms with van der Waals surface area (Å²) in [6, 6.07) is 9.98. The summed E-state index contributed by atoms with van der Waals surface area (Å²) in [6.07, 6.45) is 4.12. The normalized spacial score (nSPS) is 22.7. The van der Waals surface area contributed by atoms with E-state index in [1.807, 2.05) is 41.4 Å². The minimum absolute atomic E-state index is 0.0408. The lowest BCUT2D eigenvalue weighted by Gasteiger charge is -2.34. The van der Waals surface area contributed by atoms with Crippen molar-refractivity contribution in [3.63, 3.8) is 0 Å². The van der Waals surface area contributed by atoms with Crippen molar-refractivity contribution in [2.24, 2.45) is 5.92 Å². The Labute approximate surface area is 164 Å². The van der Waals surface area contributed by atoms with Crippen LogP contribution in [0.4, 0.5) is 5.69 Å². The number of carbonyl (C=O) groups excluding carboxylic acids is 2. The van der Waals surface area contributed by atoms with Gasteiger partial charge in [-0.25, -0.2) is 0 Å². The molecule has 1 atom stereocenters. The largest absolute Gasteiger partial charge is 0.342 e. The van der Waals surface area contributed by atoms with Crippen molar-refractivity contribution in [1.29, 1.82) is 0 Å². The van der Waals surface area contributed by atoms with Gasteiger partial charge in [-0.05, 0) is 25.0 Å². The highest BCUT2D eigenvalue weighted by molar-refractivity contribution is 6.00. The SMILES string of the molecule is O=C(C1CC(=O)N(c2ccccc2)C1)N1CCC(n2ncc3c2CNC3)CC1. The summed E-state index contributed by atoms with van der Waals surface area (Å²) < 4.78 is 2.16. The zero-order chi connectivity index (χ0) is 19.1. The lowest BCUT2D eigenvalue weighted by atomic mass is 10.0. The van der Waals surface area contributed by atoms with Crippen LogP contribution < -0.4 is 10.2 Å². The lowest BCUT2D eigenvalue weighted by molar-refractivity contribution is -0.137. The molecule has 1 aromatic heterocycles. The molecule has 0 bridgehead atoms. The number of fused-ring (bicyclic) bond motifs is 1. The van der Waals surface area contributed by atoms with Crippen molar-refractivity contribution in [1.82, 2.24) is 20.0 Å². The van der Waals surface area contributed by atoms with Gasteiger partial charge in [0.1, 0.15) is 0 Å². The number of rotatable bonds is 3. The summed E-state index contributed by atoms with van der Waals surface area (Å²) in [5.74, 6) is -0.0703. The summed E-state index contributed by atoms with van der Waals surface area (Å²) in [5, 5.41) is 7.96. The zero-order valence-corrected chi connectivity index (χ0v) is 15.9. The standard InChI is InChI=1S/C21H25N5O2/c27-20-10-15(14-25(20)17-4-2-1-3-5-17)21(28)24-8-6-18(7-9-24)26-19-13-22-11-16(19)12-23-26/h1-5,12,15,18,22H,6-11,13-14H2. The number of nitrogens with zero attached hydrogens (tertiary/aromatic N) is 4. The topological polar surface area (TPSA) is 70.5 Å². The first-order chi connectivity index (χ1) is 13.7. The molecule has 1 unspecified atom stereocenters. The van der Waals surface area contributed by atoms with Crippen LogP contribution in [0.15, 0.2) is 36.5 Å². The van der Waals surface area contributed by atoms with Crippen LogP contribution in [0.3, 0.4) is 0 Å². The molecular weight excluding hydrogens is 354 g/mol. The molecule has 0 spiro atoms. The van der Waals surface area contributed by atoms with E-state index in [0.29, 0.717) is 19.0 Å². The summed E-state index contributed by atoms with van der Waals surface area (Å²) in [7, 11) is 0. The predicted molar refractivity (Wildman–Crippen MR) is 105 cm³/mol. The number of likely N-dealkylation sites (tertiary alicyclic amines) is 1. The zero-order valence-electron chi connectivity index (χ0n) is 15.9. The van der Waals surface area contributed by atoms with Crippen LogP contribution in [0.1, 0.15) is 36.6 Å². The fourth-order valence-electron chi connectivity index (χ4n) is 4.72. The molecule has 2 saturated heterocycles. The van der Waals surface area contributed by atoms with E-state index >= 15 is 0 Å². The molecule has 0 saturated carbocycles. The number of nitrogens with one attached hydrogen (secondary N) is 1. The third kappa shape index (κ3) is 2.99. The molecule has 7 nitrogen and oxygen atoms in total. The first-order valence-corrected chi connectivity index (χ1v) is 10.1. The Morgan fingerprint density at radius 1 is 1.11 bits per heavy atom. The molecular formula is C21H25N5O2. The van der Waals surface area contributed by atoms with Crippen LogP contribution in [0.5, 0.6) is 0 Å². The average Bonchev–Trinajstić information content (AvgIpc) is 3.44. The van der Waals surface area contributed by atoms with Crippen molar-refractivity contribution >= 4 is 17.5 Å². The van der Waals surface area contributed by atoms with Gasteiger partial charge in [-0.2, -0.15) is 5.10 Å². The molecule has 0 aliphatic carbocycles. The molecule has 3 aliphatic rings. The number of benzene rings is 1. The van der Waals surface area contributed by atoms with E-state index in [4.69, 9.17) is 0 Å². The molecule has 7 heteroatoms. The molecule has 28 heavy (non-hydrogen) atoms. The number of hydrogen-bond donors (Lipinski definition) is 1. The van der Waals surface area contributed by atoms with E-state index in [2.05, 4.69) is 15.1 Å². The Bertz CT molecular complexity index is 885. The third-order valence-corrected chi connectivity index (χ3v) is 6.26. The maximum absolute atomic E-state index is 13.0. The van der Waals surface area contributed by atoms with Crippen LogP contribution in [-0.2, 0) is 22.7 Å². The maximum atomic E-state index is 13.0. The van der Waals surface area contributed by atoms with Gasteiger partial charge in [-0.3, -0.25) is 14.3 Å². The van der Waals surface area contributed by atoms with Crippen LogP contribution in [-0.4, -0.2) is 46.1 Å². The minimum atomic E-state index is -0.234. The smallest absolute Gasteiger partial charge is 0.228 e. The first-order valence-electron chi connectivity index (χ1n) is 10.1. The van der Waals surface area contributed by atoms with Gasteiger partial charge in [0.05, 0.1) is 23.9 Å². The van der Waals surface area contributed by atoms with Gasteiger partial charge >= 0.3 is 0 Å². The second-order valence-electron chi connectivity index (χ2n) is 7.96. The number of amides is 2. The number of para-hydroxylation sites is 1. The Balaban J connectivity index is 1.21. The van der Waals surface area contributed by atoms with Crippen LogP contribution >= 0.6 is 0 Å². The van der Waals surface area contributed by atoms with Gasteiger partial charge in [0, 0.05) is 50.4 Å². The number of piperidine rings is 1. The highest BCUT2D eigenvalue weighted by Gasteiger charge is 2.38. The second-order valence-corrected chi connectivity index (χ2v) is 7.96. The molecule has 4 heterocycles. The molecule has 2 amide bonds. The molecule has 2 aromatic rings. The van der Waals surface area contributed by atoms with E-state index in [9.17, 15) is 9.59 Å². The van der Waals surface area contributed by atoms with E-state index < -0.39 is 0 Å². The summed E-state index contributed by atoms with van der Waals surface area (Å²) >= 11 is 0. The first kappa shape index (κ1) is 17.4. The van der Waals surface area contributed by atoms with Gasteiger partial charge in [0.25, 0.3) is 0 Å². The molecule has 1 aromatic carbocycles. The van der Waals surface area contributed by atoms with Gasteiger partial charge in [-0.1, -0.05) is 18.2 Å². The van der Waals surface area contributed by atoms with Crippen molar-refractivity contribution in [2.45, 2.75) is 38.4 Å². The number of hydrogen-bond acceptors (Lipinski definition) is 4. The van der Waals surface area contributed by atoms with Crippen molar-refractivity contribution in [3.8, 4) is 0 Å². The fraction of sp³-hybridized carbons (Fsp3) is 0.476. The van der Waals surface area contributed by atoms with E-state index in [1.54, 1.807) is 4.90 Å². The number of carbonyl (C=O) groups is 2. The summed E-state index contributed by atoms with van der Waals surface area (Å²) in [4.78, 5) is 29.1. The lowest BCUT2D eigenvalue weighted by Crippen LogP contribution is -2.43. The fourth-order valence-corrected chi connectivity index (χ4v) is 4.72. The quantitative estimate of drug-likeness (QED) is 0.881. The Morgan fingerprint density at radius 3 is 2.68 bits per heavy atom. The predicted octanol–water partition coefficient (Wildman–Crippen LogP) is 1.70. The Kier molecular flexibility index (Phi) is 4.39. The van der Waals surface area contributed by atoms with Gasteiger partial charge in [-0.15, -0.1) is 0 Å². The molecule has 5 rings (SSSR count).